The summed E-state index contributed by atoms with van der Waals surface area (Å²) >= 11 is 11.7. The van der Waals surface area contributed by atoms with Crippen molar-refractivity contribution < 1.29 is 14.3 Å². The number of halogens is 2. The lowest BCUT2D eigenvalue weighted by Gasteiger charge is -2.11. The fourth-order valence-electron chi connectivity index (χ4n) is 1.30. The first-order valence-electron chi connectivity index (χ1n) is 4.67. The molecule has 0 radical (unpaired) electrons. The molecule has 1 saturated heterocycles. The number of carbonyl (C=O) groups is 1. The Morgan fingerprint density at radius 3 is 3.00 bits per heavy atom. The SMILES string of the molecule is O=C1NCC(COc2cc(Cl)ccc2Cl)O1. The fraction of sp³-hybridized carbons (Fsp3) is 0.300. The highest BCUT2D eigenvalue weighted by atomic mass is 35.5. The number of rotatable bonds is 3. The van der Waals surface area contributed by atoms with Gasteiger partial charge < -0.3 is 14.8 Å². The summed E-state index contributed by atoms with van der Waals surface area (Å²) in [5.41, 5.74) is 0. The Morgan fingerprint density at radius 2 is 2.31 bits per heavy atom. The van der Waals surface area contributed by atoms with Crippen LogP contribution in [0, 0.1) is 0 Å². The molecular formula is C10H9Cl2NO3. The first kappa shape index (κ1) is 11.4. The standard InChI is InChI=1S/C10H9Cl2NO3/c11-6-1-2-8(12)9(3-6)15-5-7-4-13-10(14)16-7/h1-3,7H,4-5H2,(H,13,14). The third kappa shape index (κ3) is 2.71. The van der Waals surface area contributed by atoms with E-state index in [1.54, 1.807) is 18.2 Å². The number of amides is 1. The molecule has 1 aromatic rings. The van der Waals surface area contributed by atoms with Crippen LogP contribution >= 0.6 is 23.2 Å². The van der Waals surface area contributed by atoms with Gasteiger partial charge in [-0.25, -0.2) is 4.79 Å². The van der Waals surface area contributed by atoms with E-state index in [0.29, 0.717) is 22.3 Å². The van der Waals surface area contributed by atoms with E-state index in [2.05, 4.69) is 5.32 Å². The predicted octanol–water partition coefficient (Wildman–Crippen LogP) is 2.48. The molecule has 1 N–H and O–H groups in total. The van der Waals surface area contributed by atoms with Gasteiger partial charge in [0.2, 0.25) is 0 Å². The van der Waals surface area contributed by atoms with E-state index < -0.39 is 6.09 Å². The molecule has 0 aromatic heterocycles. The van der Waals surface area contributed by atoms with Crippen LogP contribution in [0.25, 0.3) is 0 Å². The zero-order valence-corrected chi connectivity index (χ0v) is 9.72. The first-order chi connectivity index (χ1) is 7.65. The smallest absolute Gasteiger partial charge is 0.407 e. The molecule has 1 fully saturated rings. The summed E-state index contributed by atoms with van der Waals surface area (Å²) in [6.07, 6.45) is -0.715. The van der Waals surface area contributed by atoms with Crippen molar-refractivity contribution in [3.8, 4) is 5.75 Å². The van der Waals surface area contributed by atoms with Crippen LogP contribution in [0.2, 0.25) is 10.0 Å². The van der Waals surface area contributed by atoms with Crippen LogP contribution in [0.3, 0.4) is 0 Å². The molecule has 6 heteroatoms. The second kappa shape index (κ2) is 4.80. The van der Waals surface area contributed by atoms with Gasteiger partial charge in [-0.05, 0) is 12.1 Å². The summed E-state index contributed by atoms with van der Waals surface area (Å²) in [6.45, 7) is 0.690. The molecule has 1 aliphatic rings. The molecule has 1 heterocycles. The molecule has 4 nitrogen and oxygen atoms in total. The molecule has 1 amide bonds. The van der Waals surface area contributed by atoms with Crippen LogP contribution in [0.15, 0.2) is 18.2 Å². The Hall–Kier alpha value is -1.13. The number of hydrogen-bond donors (Lipinski definition) is 1. The maximum Gasteiger partial charge on any atom is 0.407 e. The van der Waals surface area contributed by atoms with Gasteiger partial charge in [0.1, 0.15) is 12.4 Å². The van der Waals surface area contributed by atoms with Gasteiger partial charge in [-0.1, -0.05) is 23.2 Å². The molecule has 1 atom stereocenters. The molecule has 86 valence electrons. The van der Waals surface area contributed by atoms with Crippen molar-refractivity contribution in [2.75, 3.05) is 13.2 Å². The van der Waals surface area contributed by atoms with Gasteiger partial charge in [0.25, 0.3) is 0 Å². The minimum atomic E-state index is -0.425. The summed E-state index contributed by atoms with van der Waals surface area (Å²) in [7, 11) is 0. The van der Waals surface area contributed by atoms with E-state index in [4.69, 9.17) is 32.7 Å². The Balaban J connectivity index is 1.94. The topological polar surface area (TPSA) is 47.6 Å². The largest absolute Gasteiger partial charge is 0.488 e. The third-order valence-electron chi connectivity index (χ3n) is 2.07. The van der Waals surface area contributed by atoms with Crippen molar-refractivity contribution in [3.05, 3.63) is 28.2 Å². The third-order valence-corrected chi connectivity index (χ3v) is 2.61. The van der Waals surface area contributed by atoms with Gasteiger partial charge in [0.15, 0.2) is 6.10 Å². The van der Waals surface area contributed by atoms with Gasteiger partial charge in [0, 0.05) is 11.1 Å². The van der Waals surface area contributed by atoms with Gasteiger partial charge in [0.05, 0.1) is 11.6 Å². The minimum Gasteiger partial charge on any atom is -0.488 e. The van der Waals surface area contributed by atoms with E-state index >= 15 is 0 Å². The maximum atomic E-state index is 10.7. The van der Waals surface area contributed by atoms with Crippen LogP contribution in [0.5, 0.6) is 5.75 Å². The molecule has 1 aromatic carbocycles. The molecule has 1 aliphatic heterocycles. The van der Waals surface area contributed by atoms with Crippen molar-refractivity contribution in [3.63, 3.8) is 0 Å². The zero-order valence-electron chi connectivity index (χ0n) is 8.20. The minimum absolute atomic E-state index is 0.249. The van der Waals surface area contributed by atoms with Crippen LogP contribution in [0.4, 0.5) is 4.79 Å². The predicted molar refractivity (Wildman–Crippen MR) is 60.2 cm³/mol. The zero-order chi connectivity index (χ0) is 11.5. The summed E-state index contributed by atoms with van der Waals surface area (Å²) in [6, 6.07) is 4.94. The number of carbonyl (C=O) groups excluding carboxylic acids is 1. The monoisotopic (exact) mass is 261 g/mol. The van der Waals surface area contributed by atoms with Crippen molar-refractivity contribution in [1.29, 1.82) is 0 Å². The number of alkyl carbamates (subject to hydrolysis) is 1. The molecule has 0 bridgehead atoms. The summed E-state index contributed by atoms with van der Waals surface area (Å²) < 4.78 is 10.3. The number of benzene rings is 1. The Kier molecular flexibility index (Phi) is 3.41. The molecule has 0 saturated carbocycles. The number of cyclic esters (lactones) is 1. The van der Waals surface area contributed by atoms with E-state index in [-0.39, 0.29) is 12.7 Å². The molecule has 2 rings (SSSR count). The summed E-state index contributed by atoms with van der Waals surface area (Å²) in [5.74, 6) is 0.483. The Morgan fingerprint density at radius 1 is 1.50 bits per heavy atom. The second-order valence-electron chi connectivity index (χ2n) is 3.29. The van der Waals surface area contributed by atoms with Crippen LogP contribution in [-0.2, 0) is 4.74 Å². The molecule has 1 unspecified atom stereocenters. The van der Waals surface area contributed by atoms with Crippen molar-refractivity contribution in [2.24, 2.45) is 0 Å². The van der Waals surface area contributed by atoms with Crippen LogP contribution < -0.4 is 10.1 Å². The quantitative estimate of drug-likeness (QED) is 0.910. The van der Waals surface area contributed by atoms with E-state index in [9.17, 15) is 4.79 Å². The average molecular weight is 262 g/mol. The lowest BCUT2D eigenvalue weighted by molar-refractivity contribution is 0.105. The first-order valence-corrected chi connectivity index (χ1v) is 5.43. The van der Waals surface area contributed by atoms with E-state index in [0.717, 1.165) is 0 Å². The summed E-state index contributed by atoms with van der Waals surface area (Å²) in [5, 5.41) is 3.55. The highest BCUT2D eigenvalue weighted by Gasteiger charge is 2.23. The Labute approximate surface area is 102 Å². The van der Waals surface area contributed by atoms with Crippen molar-refractivity contribution in [1.82, 2.24) is 5.32 Å². The van der Waals surface area contributed by atoms with Gasteiger partial charge in [-0.3, -0.25) is 0 Å². The van der Waals surface area contributed by atoms with Crippen LogP contribution in [-0.4, -0.2) is 25.3 Å². The van der Waals surface area contributed by atoms with Gasteiger partial charge >= 0.3 is 6.09 Å². The number of hydrogen-bond acceptors (Lipinski definition) is 3. The lowest BCUT2D eigenvalue weighted by Crippen LogP contribution is -2.22. The fourth-order valence-corrected chi connectivity index (χ4v) is 1.63. The number of ether oxygens (including phenoxy) is 2. The van der Waals surface area contributed by atoms with Crippen molar-refractivity contribution >= 4 is 29.3 Å². The summed E-state index contributed by atoms with van der Waals surface area (Å²) in [4.78, 5) is 10.7. The highest BCUT2D eigenvalue weighted by Crippen LogP contribution is 2.27. The molecular weight excluding hydrogens is 253 g/mol. The normalized spacial score (nSPS) is 19.1. The van der Waals surface area contributed by atoms with E-state index in [1.165, 1.54) is 0 Å². The molecule has 0 aliphatic carbocycles. The van der Waals surface area contributed by atoms with Crippen molar-refractivity contribution in [2.45, 2.75) is 6.10 Å². The Bertz CT molecular complexity index is 411. The number of nitrogens with one attached hydrogen (secondary N) is 1. The van der Waals surface area contributed by atoms with Gasteiger partial charge in [-0.15, -0.1) is 0 Å². The van der Waals surface area contributed by atoms with E-state index in [1.807, 2.05) is 0 Å². The van der Waals surface area contributed by atoms with Crippen LogP contribution in [0.1, 0.15) is 0 Å². The second-order valence-corrected chi connectivity index (χ2v) is 4.14. The lowest BCUT2D eigenvalue weighted by atomic mass is 10.3. The highest BCUT2D eigenvalue weighted by molar-refractivity contribution is 6.34. The maximum absolute atomic E-state index is 10.7. The molecule has 0 spiro atoms. The average Bonchev–Trinajstić information content (AvgIpc) is 2.66. The van der Waals surface area contributed by atoms with Gasteiger partial charge in [-0.2, -0.15) is 0 Å². The molecule has 16 heavy (non-hydrogen) atoms.